The van der Waals surface area contributed by atoms with Gasteiger partial charge in [0.15, 0.2) is 11.8 Å². The molecule has 3 rings (SSSR count). The van der Waals surface area contributed by atoms with Crippen LogP contribution >= 0.6 is 7.75 Å². The molecule has 2 aromatic rings. The molecule has 4 N–H and O–H groups in total. The van der Waals surface area contributed by atoms with Gasteiger partial charge in [0.25, 0.3) is 5.56 Å². The maximum atomic E-state index is 13.9. The Morgan fingerprint density at radius 2 is 2.00 bits per heavy atom. The fourth-order valence-electron chi connectivity index (χ4n) is 3.48. The van der Waals surface area contributed by atoms with Crippen LogP contribution in [-0.2, 0) is 23.4 Å². The number of carbonyl (C=O) groups is 1. The lowest BCUT2D eigenvalue weighted by Gasteiger charge is -2.26. The first-order chi connectivity index (χ1) is 17.8. The second-order valence-electron chi connectivity index (χ2n) is 8.62. The molecule has 1 aromatic carbocycles. The minimum atomic E-state index is -4.39. The number of carbonyl (C=O) groups excluding carboxylic acids is 1. The van der Waals surface area contributed by atoms with Crippen LogP contribution in [0.3, 0.4) is 0 Å². The molecule has 0 saturated carbocycles. The van der Waals surface area contributed by atoms with Gasteiger partial charge in [-0.1, -0.05) is 24.1 Å². The number of rotatable bonds is 10. The topological polar surface area (TPSA) is 178 Å². The zero-order chi connectivity index (χ0) is 28.3. The van der Waals surface area contributed by atoms with E-state index in [1.54, 1.807) is 37.0 Å². The molecule has 1 aromatic heterocycles. The Labute approximate surface area is 216 Å². The summed E-state index contributed by atoms with van der Waals surface area (Å²) >= 11 is 0. The Morgan fingerprint density at radius 1 is 1.34 bits per heavy atom. The predicted octanol–water partition coefficient (Wildman–Crippen LogP) is 0.432. The molecule has 1 aliphatic rings. The highest BCUT2D eigenvalue weighted by atomic mass is 31.2. The van der Waals surface area contributed by atoms with Crippen LogP contribution in [0.25, 0.3) is 0 Å². The van der Waals surface area contributed by atoms with Crippen LogP contribution in [-0.4, -0.2) is 62.3 Å². The molecule has 2 heterocycles. The van der Waals surface area contributed by atoms with Crippen molar-refractivity contribution in [1.82, 2.24) is 14.6 Å². The van der Waals surface area contributed by atoms with Gasteiger partial charge in [-0.3, -0.25) is 23.7 Å². The second kappa shape index (κ2) is 11.6. The van der Waals surface area contributed by atoms with Crippen LogP contribution in [0.15, 0.2) is 46.1 Å². The fourth-order valence-corrected chi connectivity index (χ4v) is 4.98. The number of H-pyrrole nitrogens is 1. The number of esters is 1. The van der Waals surface area contributed by atoms with Gasteiger partial charge < -0.3 is 24.2 Å². The molecule has 1 aliphatic heterocycles. The lowest BCUT2D eigenvalue weighted by molar-refractivity contribution is -0.149. The number of hydrogen-bond donors (Lipinski definition) is 4. The average molecular weight is 555 g/mol. The number of halogens is 1. The summed E-state index contributed by atoms with van der Waals surface area (Å²) in [6.07, 6.45) is 0.0520. The molecule has 38 heavy (non-hydrogen) atoms. The van der Waals surface area contributed by atoms with Crippen molar-refractivity contribution in [2.45, 2.75) is 57.0 Å². The SMILES string of the molecule is C#C[C@@]1(O)[C@H](O)[C@@H](COP(=O)(N[C@@H](C)C(=O)OC(C)C)Oc2ccccc2)O[C@H]1n1cc(F)c(=O)[nH]c1=O. The molecule has 0 spiro atoms. The number of terminal acetylenes is 1. The molecule has 0 radical (unpaired) electrons. The monoisotopic (exact) mass is 555 g/mol. The highest BCUT2D eigenvalue weighted by molar-refractivity contribution is 7.52. The van der Waals surface area contributed by atoms with Crippen molar-refractivity contribution < 1.29 is 42.5 Å². The number of ether oxygens (including phenoxy) is 2. The predicted molar refractivity (Wildman–Crippen MR) is 129 cm³/mol. The standard InChI is InChI=1S/C23H27FN3O10P/c1-5-23(32)18(28)17(36-21(23)27-11-16(24)19(29)25-22(27)31)12-34-38(33,37-15-9-7-6-8-10-15)26-14(4)20(30)35-13(2)3/h1,6-11,13-14,17-18,21,28,32H,12H2,2-4H3,(H,26,33)(H,25,29,31)/t14-,17+,18+,21+,23+,38?/m0/s1. The number of aliphatic hydroxyl groups excluding tert-OH is 1. The summed E-state index contributed by atoms with van der Waals surface area (Å²) in [6, 6.07) is 6.65. The van der Waals surface area contributed by atoms with Crippen molar-refractivity contribution in [1.29, 1.82) is 0 Å². The van der Waals surface area contributed by atoms with Crippen LogP contribution in [0.1, 0.15) is 27.0 Å². The highest BCUT2D eigenvalue weighted by Crippen LogP contribution is 2.46. The lowest BCUT2D eigenvalue weighted by Crippen LogP contribution is -2.48. The van der Waals surface area contributed by atoms with E-state index >= 15 is 0 Å². The van der Waals surface area contributed by atoms with E-state index in [1.165, 1.54) is 19.1 Å². The molecule has 0 aliphatic carbocycles. The number of hydrogen-bond acceptors (Lipinski definition) is 10. The largest absolute Gasteiger partial charge is 0.462 e. The minimum Gasteiger partial charge on any atom is -0.462 e. The maximum Gasteiger partial charge on any atom is 0.459 e. The molecular weight excluding hydrogens is 528 g/mol. The van der Waals surface area contributed by atoms with Crippen LogP contribution < -0.4 is 20.9 Å². The fraction of sp³-hybridized carbons (Fsp3) is 0.435. The Bertz CT molecular complexity index is 1360. The van der Waals surface area contributed by atoms with Crippen molar-refractivity contribution in [2.24, 2.45) is 0 Å². The summed E-state index contributed by atoms with van der Waals surface area (Å²) in [5.41, 5.74) is -5.08. The summed E-state index contributed by atoms with van der Waals surface area (Å²) in [6.45, 7) is 3.87. The Hall–Kier alpha value is -3.31. The van der Waals surface area contributed by atoms with E-state index in [0.717, 1.165) is 0 Å². The van der Waals surface area contributed by atoms with Crippen LogP contribution in [0, 0.1) is 18.2 Å². The zero-order valence-corrected chi connectivity index (χ0v) is 21.5. The van der Waals surface area contributed by atoms with Crippen LogP contribution in [0.4, 0.5) is 4.39 Å². The summed E-state index contributed by atoms with van der Waals surface area (Å²) in [5, 5.41) is 24.0. The lowest BCUT2D eigenvalue weighted by atomic mass is 9.95. The number of aromatic amines is 1. The average Bonchev–Trinajstić information content (AvgIpc) is 3.10. The summed E-state index contributed by atoms with van der Waals surface area (Å²) in [4.78, 5) is 37.6. The second-order valence-corrected chi connectivity index (χ2v) is 10.3. The normalized spacial score (nSPS) is 25.4. The third-order valence-electron chi connectivity index (χ3n) is 5.33. The van der Waals surface area contributed by atoms with Gasteiger partial charge in [0.2, 0.25) is 5.82 Å². The molecule has 15 heteroatoms. The van der Waals surface area contributed by atoms with Gasteiger partial charge in [0, 0.05) is 0 Å². The summed E-state index contributed by atoms with van der Waals surface area (Å²) in [5.74, 6) is -0.120. The van der Waals surface area contributed by atoms with Gasteiger partial charge in [-0.05, 0) is 32.9 Å². The molecule has 1 unspecified atom stereocenters. The quantitative estimate of drug-likeness (QED) is 0.182. The van der Waals surface area contributed by atoms with Crippen molar-refractivity contribution in [2.75, 3.05) is 6.61 Å². The number of nitrogens with one attached hydrogen (secondary N) is 2. The zero-order valence-electron chi connectivity index (χ0n) is 20.6. The van der Waals surface area contributed by atoms with E-state index < -0.39 is 73.6 Å². The number of aliphatic hydroxyl groups is 2. The van der Waals surface area contributed by atoms with E-state index in [9.17, 15) is 33.6 Å². The van der Waals surface area contributed by atoms with Crippen LogP contribution in [0.2, 0.25) is 0 Å². The molecule has 1 fully saturated rings. The Balaban J connectivity index is 1.86. The third-order valence-corrected chi connectivity index (χ3v) is 6.97. The number of aromatic nitrogens is 2. The number of benzene rings is 1. The smallest absolute Gasteiger partial charge is 0.459 e. The van der Waals surface area contributed by atoms with E-state index in [1.807, 2.05) is 5.92 Å². The van der Waals surface area contributed by atoms with E-state index in [2.05, 4.69) is 5.09 Å². The van der Waals surface area contributed by atoms with Gasteiger partial charge in [-0.2, -0.15) is 9.48 Å². The molecule has 6 atom stereocenters. The molecule has 0 amide bonds. The molecule has 13 nitrogen and oxygen atoms in total. The number of para-hydroxylation sites is 1. The van der Waals surface area contributed by atoms with Crippen molar-refractivity contribution in [3.8, 4) is 18.1 Å². The summed E-state index contributed by atoms with van der Waals surface area (Å²) < 4.78 is 49.5. The van der Waals surface area contributed by atoms with Crippen molar-refractivity contribution in [3.05, 3.63) is 63.2 Å². The van der Waals surface area contributed by atoms with Crippen molar-refractivity contribution >= 4 is 13.7 Å². The molecular formula is C23H27FN3O10P. The first kappa shape index (κ1) is 29.2. The maximum absolute atomic E-state index is 13.9. The highest BCUT2D eigenvalue weighted by Gasteiger charge is 2.56. The van der Waals surface area contributed by atoms with Gasteiger partial charge in [-0.15, -0.1) is 6.42 Å². The van der Waals surface area contributed by atoms with Crippen molar-refractivity contribution in [3.63, 3.8) is 0 Å². The first-order valence-corrected chi connectivity index (χ1v) is 12.9. The van der Waals surface area contributed by atoms with Gasteiger partial charge in [-0.25, -0.2) is 9.36 Å². The Morgan fingerprint density at radius 3 is 2.61 bits per heavy atom. The Kier molecular flexibility index (Phi) is 8.94. The molecule has 0 bridgehead atoms. The molecule has 206 valence electrons. The van der Waals surface area contributed by atoms with Crippen LogP contribution in [0.5, 0.6) is 5.75 Å². The third kappa shape index (κ3) is 6.39. The summed E-state index contributed by atoms with van der Waals surface area (Å²) in [7, 11) is -4.39. The van der Waals surface area contributed by atoms with Gasteiger partial charge in [0.05, 0.1) is 18.9 Å². The van der Waals surface area contributed by atoms with Gasteiger partial charge in [0.1, 0.15) is 24.0 Å². The van der Waals surface area contributed by atoms with Gasteiger partial charge >= 0.3 is 19.4 Å². The number of nitrogens with zero attached hydrogens (tertiary/aromatic N) is 1. The van der Waals surface area contributed by atoms with E-state index in [-0.39, 0.29) is 5.75 Å². The van der Waals surface area contributed by atoms with E-state index in [0.29, 0.717) is 10.8 Å². The molecule has 1 saturated heterocycles. The van der Waals surface area contributed by atoms with E-state index in [4.69, 9.17) is 24.9 Å². The first-order valence-electron chi connectivity index (χ1n) is 11.3. The minimum absolute atomic E-state index is 0.105.